The molecular weight excluding hydrogens is 402 g/mol. The SMILES string of the molecule is O=C(C1CC1)N1CCC(Cn2cnnc2-c2ccc(-c3ccc(F)c(O)c3)cc2F)C1. The number of hydrogen-bond donors (Lipinski definition) is 1. The first-order valence-corrected chi connectivity index (χ1v) is 10.4. The van der Waals surface area contributed by atoms with Crippen molar-refractivity contribution in [3.8, 4) is 28.3 Å². The van der Waals surface area contributed by atoms with E-state index < -0.39 is 17.4 Å². The average molecular weight is 424 g/mol. The third kappa shape index (κ3) is 3.89. The number of hydrogen-bond acceptors (Lipinski definition) is 4. The maximum Gasteiger partial charge on any atom is 0.225 e. The Morgan fingerprint density at radius 1 is 1.06 bits per heavy atom. The van der Waals surface area contributed by atoms with Crippen molar-refractivity contribution < 1.29 is 18.7 Å². The number of amides is 1. The van der Waals surface area contributed by atoms with Crippen LogP contribution in [0.4, 0.5) is 8.78 Å². The molecule has 1 saturated heterocycles. The van der Waals surface area contributed by atoms with Gasteiger partial charge in [0.1, 0.15) is 12.1 Å². The van der Waals surface area contributed by atoms with Crippen molar-refractivity contribution in [1.29, 1.82) is 0 Å². The standard InChI is InChI=1S/C23H22F2N4O2/c24-19-6-4-17(10-21(19)30)16-3-5-18(20(25)9-16)22-27-26-13-29(22)12-14-7-8-28(11-14)23(31)15-1-2-15/h3-6,9-10,13-15,30H,1-2,7-8,11-12H2. The summed E-state index contributed by atoms with van der Waals surface area (Å²) >= 11 is 0. The van der Waals surface area contributed by atoms with E-state index in [0.29, 0.717) is 35.6 Å². The number of aromatic hydroxyl groups is 1. The van der Waals surface area contributed by atoms with Crippen LogP contribution < -0.4 is 0 Å². The van der Waals surface area contributed by atoms with Gasteiger partial charge in [0.15, 0.2) is 17.4 Å². The highest BCUT2D eigenvalue weighted by molar-refractivity contribution is 5.81. The molecule has 2 aliphatic rings. The van der Waals surface area contributed by atoms with E-state index in [1.165, 1.54) is 18.2 Å². The zero-order chi connectivity index (χ0) is 21.5. The van der Waals surface area contributed by atoms with Crippen LogP contribution in [-0.4, -0.2) is 43.8 Å². The minimum atomic E-state index is -0.724. The summed E-state index contributed by atoms with van der Waals surface area (Å²) < 4.78 is 30.1. The fourth-order valence-corrected chi connectivity index (χ4v) is 4.21. The third-order valence-corrected chi connectivity index (χ3v) is 6.08. The van der Waals surface area contributed by atoms with E-state index in [9.17, 15) is 18.7 Å². The van der Waals surface area contributed by atoms with E-state index in [4.69, 9.17) is 0 Å². The fraction of sp³-hybridized carbons (Fsp3) is 0.348. The first-order chi connectivity index (χ1) is 15.0. The van der Waals surface area contributed by atoms with E-state index >= 15 is 0 Å². The Bertz CT molecular complexity index is 1140. The van der Waals surface area contributed by atoms with Gasteiger partial charge in [0.2, 0.25) is 5.91 Å². The van der Waals surface area contributed by atoms with Crippen LogP contribution >= 0.6 is 0 Å². The number of carbonyl (C=O) groups is 1. The van der Waals surface area contributed by atoms with E-state index in [1.807, 2.05) is 9.47 Å². The molecule has 1 unspecified atom stereocenters. The van der Waals surface area contributed by atoms with Crippen LogP contribution in [0, 0.1) is 23.5 Å². The molecule has 0 spiro atoms. The van der Waals surface area contributed by atoms with Crippen molar-refractivity contribution in [2.45, 2.75) is 25.8 Å². The third-order valence-electron chi connectivity index (χ3n) is 6.08. The van der Waals surface area contributed by atoms with Crippen LogP contribution in [0.3, 0.4) is 0 Å². The highest BCUT2D eigenvalue weighted by Gasteiger charge is 2.36. The average Bonchev–Trinajstić information content (AvgIpc) is 3.34. The Hall–Kier alpha value is -3.29. The second-order valence-electron chi connectivity index (χ2n) is 8.38. The van der Waals surface area contributed by atoms with E-state index in [0.717, 1.165) is 31.9 Å². The molecule has 2 heterocycles. The summed E-state index contributed by atoms with van der Waals surface area (Å²) in [7, 11) is 0. The smallest absolute Gasteiger partial charge is 0.225 e. The molecule has 8 heteroatoms. The molecule has 6 nitrogen and oxygen atoms in total. The highest BCUT2D eigenvalue weighted by atomic mass is 19.1. The first-order valence-electron chi connectivity index (χ1n) is 10.4. The number of carbonyl (C=O) groups excluding carboxylic acids is 1. The normalized spacial score (nSPS) is 18.5. The van der Waals surface area contributed by atoms with Crippen molar-refractivity contribution in [2.24, 2.45) is 11.8 Å². The topological polar surface area (TPSA) is 71.2 Å². The zero-order valence-electron chi connectivity index (χ0n) is 16.8. The molecule has 5 rings (SSSR count). The predicted molar refractivity (Wildman–Crippen MR) is 110 cm³/mol. The maximum atomic E-state index is 15.0. The number of benzene rings is 2. The van der Waals surface area contributed by atoms with Crippen molar-refractivity contribution in [2.75, 3.05) is 13.1 Å². The summed E-state index contributed by atoms with van der Waals surface area (Å²) in [5.74, 6) is -0.488. The molecule has 1 saturated carbocycles. The highest BCUT2D eigenvalue weighted by Crippen LogP contribution is 2.34. The van der Waals surface area contributed by atoms with Crippen LogP contribution in [0.5, 0.6) is 5.75 Å². The molecule has 1 aliphatic carbocycles. The summed E-state index contributed by atoms with van der Waals surface area (Å²) in [6, 6.07) is 8.55. The van der Waals surface area contributed by atoms with Crippen LogP contribution in [0.2, 0.25) is 0 Å². The number of phenolic OH excluding ortho intramolecular Hbond substituents is 1. The molecule has 31 heavy (non-hydrogen) atoms. The second-order valence-corrected chi connectivity index (χ2v) is 8.38. The van der Waals surface area contributed by atoms with Gasteiger partial charge in [0, 0.05) is 25.6 Å². The van der Waals surface area contributed by atoms with Crippen molar-refractivity contribution in [1.82, 2.24) is 19.7 Å². The number of rotatable bonds is 5. The quantitative estimate of drug-likeness (QED) is 0.675. The Labute approximate surface area is 178 Å². The molecular formula is C23H22F2N4O2. The van der Waals surface area contributed by atoms with Crippen molar-refractivity contribution in [3.05, 3.63) is 54.4 Å². The molecule has 2 fully saturated rings. The number of phenols is 1. The largest absolute Gasteiger partial charge is 0.505 e. The Balaban J connectivity index is 1.34. The fourth-order valence-electron chi connectivity index (χ4n) is 4.21. The zero-order valence-corrected chi connectivity index (χ0v) is 16.8. The Morgan fingerprint density at radius 2 is 1.84 bits per heavy atom. The lowest BCUT2D eigenvalue weighted by atomic mass is 10.0. The van der Waals surface area contributed by atoms with Gasteiger partial charge < -0.3 is 14.6 Å². The summed E-state index contributed by atoms with van der Waals surface area (Å²) in [6.45, 7) is 2.09. The number of aromatic nitrogens is 3. The summed E-state index contributed by atoms with van der Waals surface area (Å²) in [5.41, 5.74) is 1.35. The van der Waals surface area contributed by atoms with Gasteiger partial charge in [-0.1, -0.05) is 12.1 Å². The van der Waals surface area contributed by atoms with Crippen LogP contribution in [-0.2, 0) is 11.3 Å². The lowest BCUT2D eigenvalue weighted by molar-refractivity contribution is -0.131. The van der Waals surface area contributed by atoms with E-state index in [1.54, 1.807) is 18.5 Å². The molecule has 2 aromatic carbocycles. The maximum absolute atomic E-state index is 15.0. The number of halogens is 2. The van der Waals surface area contributed by atoms with Gasteiger partial charge in [0.05, 0.1) is 5.56 Å². The summed E-state index contributed by atoms with van der Waals surface area (Å²) in [6.07, 6.45) is 4.50. The van der Waals surface area contributed by atoms with Crippen LogP contribution in [0.1, 0.15) is 19.3 Å². The molecule has 0 radical (unpaired) electrons. The number of nitrogens with zero attached hydrogens (tertiary/aromatic N) is 4. The molecule has 160 valence electrons. The van der Waals surface area contributed by atoms with Crippen molar-refractivity contribution >= 4 is 5.91 Å². The summed E-state index contributed by atoms with van der Waals surface area (Å²) in [5, 5.41) is 17.7. The molecule has 1 aromatic heterocycles. The van der Waals surface area contributed by atoms with Crippen molar-refractivity contribution in [3.63, 3.8) is 0 Å². The predicted octanol–water partition coefficient (Wildman–Crippen LogP) is 3.85. The lowest BCUT2D eigenvalue weighted by Crippen LogP contribution is -2.30. The molecule has 3 aromatic rings. The molecule has 1 atom stereocenters. The Kier molecular flexibility index (Phi) is 4.92. The van der Waals surface area contributed by atoms with Gasteiger partial charge >= 0.3 is 0 Å². The van der Waals surface area contributed by atoms with Gasteiger partial charge in [-0.25, -0.2) is 8.78 Å². The van der Waals surface area contributed by atoms with Crippen LogP contribution in [0.15, 0.2) is 42.7 Å². The van der Waals surface area contributed by atoms with Gasteiger partial charge in [-0.15, -0.1) is 10.2 Å². The van der Waals surface area contributed by atoms with Gasteiger partial charge in [0.25, 0.3) is 0 Å². The summed E-state index contributed by atoms with van der Waals surface area (Å²) in [4.78, 5) is 14.2. The second kappa shape index (κ2) is 7.76. The number of likely N-dealkylation sites (tertiary alicyclic amines) is 1. The van der Waals surface area contributed by atoms with Gasteiger partial charge in [-0.05, 0) is 60.6 Å². The molecule has 1 N–H and O–H groups in total. The van der Waals surface area contributed by atoms with Crippen LogP contribution in [0.25, 0.3) is 22.5 Å². The Morgan fingerprint density at radius 3 is 2.58 bits per heavy atom. The van der Waals surface area contributed by atoms with Gasteiger partial charge in [-0.2, -0.15) is 0 Å². The minimum absolute atomic E-state index is 0.222. The minimum Gasteiger partial charge on any atom is -0.505 e. The first kappa shape index (κ1) is 19.7. The molecule has 0 bridgehead atoms. The van der Waals surface area contributed by atoms with E-state index in [-0.39, 0.29) is 17.7 Å². The molecule has 1 aliphatic heterocycles. The monoisotopic (exact) mass is 424 g/mol. The van der Waals surface area contributed by atoms with E-state index in [2.05, 4.69) is 10.2 Å². The lowest BCUT2D eigenvalue weighted by Gasteiger charge is -2.17. The molecule has 1 amide bonds. The van der Waals surface area contributed by atoms with Gasteiger partial charge in [-0.3, -0.25) is 4.79 Å².